The van der Waals surface area contributed by atoms with Crippen molar-refractivity contribution in [3.05, 3.63) is 212 Å². The van der Waals surface area contributed by atoms with Gasteiger partial charge in [0.2, 0.25) is 0 Å². The molecule has 0 N–H and O–H groups in total. The summed E-state index contributed by atoms with van der Waals surface area (Å²) in [6.07, 6.45) is 0. The lowest BCUT2D eigenvalue weighted by atomic mass is 9.97. The lowest BCUT2D eigenvalue weighted by Gasteiger charge is -2.26. The minimum Gasteiger partial charge on any atom is -0.456 e. The van der Waals surface area contributed by atoms with Gasteiger partial charge in [-0.3, -0.25) is 0 Å². The summed E-state index contributed by atoms with van der Waals surface area (Å²) < 4.78 is 51.2. The van der Waals surface area contributed by atoms with Crippen molar-refractivity contribution in [2.24, 2.45) is 0 Å². The van der Waals surface area contributed by atoms with Gasteiger partial charge in [0.1, 0.15) is 22.3 Å². The van der Waals surface area contributed by atoms with Crippen molar-refractivity contribution in [2.75, 3.05) is 4.90 Å². The van der Waals surface area contributed by atoms with E-state index in [-0.39, 0.29) is 35.4 Å². The first-order valence-corrected chi connectivity index (χ1v) is 19.7. The van der Waals surface area contributed by atoms with E-state index in [0.717, 1.165) is 65.7 Å². The number of para-hydroxylation sites is 1. The van der Waals surface area contributed by atoms with Crippen LogP contribution in [0.15, 0.2) is 221 Å². The van der Waals surface area contributed by atoms with E-state index < -0.39 is 0 Å². The van der Waals surface area contributed by atoms with E-state index in [9.17, 15) is 5.48 Å². The van der Waals surface area contributed by atoms with Crippen LogP contribution in [-0.2, 0) is 0 Å². The van der Waals surface area contributed by atoms with Crippen molar-refractivity contribution in [3.8, 4) is 33.4 Å². The Morgan fingerprint density at radius 3 is 1.83 bits per heavy atom. The zero-order chi connectivity index (χ0) is 42.3. The normalized spacial score (nSPS) is 12.7. The lowest BCUT2D eigenvalue weighted by Crippen LogP contribution is -2.10. The zero-order valence-corrected chi connectivity index (χ0v) is 31.7. The smallest absolute Gasteiger partial charge is 0.143 e. The predicted molar refractivity (Wildman–Crippen MR) is 247 cm³/mol. The summed E-state index contributed by atoms with van der Waals surface area (Å²) >= 11 is 0. The zero-order valence-electron chi connectivity index (χ0n) is 35.7. The van der Waals surface area contributed by atoms with Gasteiger partial charge < -0.3 is 13.7 Å². The Balaban J connectivity index is 1.04. The Morgan fingerprint density at radius 1 is 0.339 bits per heavy atom. The number of fused-ring (bicyclic) bond motifs is 9. The summed E-state index contributed by atoms with van der Waals surface area (Å²) in [6, 6.07) is 62.3. The van der Waals surface area contributed by atoms with E-state index in [1.807, 2.05) is 89.8 Å². The van der Waals surface area contributed by atoms with Gasteiger partial charge in [-0.2, -0.15) is 0 Å². The predicted octanol–water partition coefficient (Wildman–Crippen LogP) is 16.3. The Morgan fingerprint density at radius 2 is 0.966 bits per heavy atom. The molecule has 12 aromatic rings. The Labute approximate surface area is 346 Å². The van der Waals surface area contributed by atoms with Crippen LogP contribution in [0.5, 0.6) is 0 Å². The highest BCUT2D eigenvalue weighted by atomic mass is 16.3. The molecule has 10 aromatic carbocycles. The molecule has 2 aromatic heterocycles. The first-order valence-electron chi connectivity index (χ1n) is 21.7. The van der Waals surface area contributed by atoms with Crippen LogP contribution in [0.1, 0.15) is 5.48 Å². The molecule has 3 heteroatoms. The van der Waals surface area contributed by atoms with Gasteiger partial charge in [-0.1, -0.05) is 139 Å². The van der Waals surface area contributed by atoms with E-state index in [1.165, 1.54) is 10.8 Å². The second-order valence-electron chi connectivity index (χ2n) is 15.0. The number of hydrogen-bond acceptors (Lipinski definition) is 3. The molecule has 0 amide bonds. The average molecular weight is 758 g/mol. The fourth-order valence-corrected chi connectivity index (χ4v) is 8.60. The van der Waals surface area contributed by atoms with Gasteiger partial charge in [0, 0.05) is 32.9 Å². The molecule has 0 aliphatic carbocycles. The molecule has 0 atom stereocenters. The Bertz CT molecular complexity index is 3780. The van der Waals surface area contributed by atoms with Gasteiger partial charge in [-0.05, 0) is 122 Å². The molecule has 3 nitrogen and oxygen atoms in total. The van der Waals surface area contributed by atoms with Gasteiger partial charge in [-0.15, -0.1) is 0 Å². The molecular formula is C56H35NO2. The molecule has 0 bridgehead atoms. The van der Waals surface area contributed by atoms with Crippen LogP contribution in [0.25, 0.3) is 98.8 Å². The highest BCUT2D eigenvalue weighted by Crippen LogP contribution is 2.45. The van der Waals surface area contributed by atoms with Crippen LogP contribution in [0.4, 0.5) is 17.1 Å². The maximum Gasteiger partial charge on any atom is 0.143 e. The monoisotopic (exact) mass is 757 g/mol. The van der Waals surface area contributed by atoms with E-state index in [0.29, 0.717) is 28.1 Å². The summed E-state index contributed by atoms with van der Waals surface area (Å²) in [5, 5.41) is 7.89. The number of nitrogens with zero attached hydrogens (tertiary/aromatic N) is 1. The van der Waals surface area contributed by atoms with Crippen molar-refractivity contribution in [1.82, 2.24) is 0 Å². The quantitative estimate of drug-likeness (QED) is 0.169. The van der Waals surface area contributed by atoms with Crippen molar-refractivity contribution in [2.45, 2.75) is 0 Å². The van der Waals surface area contributed by atoms with Crippen LogP contribution in [-0.4, -0.2) is 0 Å². The minimum absolute atomic E-state index is 0.136. The summed E-state index contributed by atoms with van der Waals surface area (Å²) in [4.78, 5) is 1.86. The third kappa shape index (κ3) is 5.59. The standard InChI is InChI=1S/C56H35NO2/c1-2-11-40-34-43(20-19-36(40)9-1)42-13-7-12-41(33-42)37-21-27-45(28-22-37)57(51-16-8-18-54-55(51)49-31-25-39-10-3-4-14-47(39)56(49)59-54)46-29-23-38(24-30-46)44-26-32-53-50(35-44)48-15-5-6-17-52(48)58-53/h1-35H/i23D,24D,29D,30D. The van der Waals surface area contributed by atoms with Crippen LogP contribution < -0.4 is 4.90 Å². The molecule has 276 valence electrons. The van der Waals surface area contributed by atoms with Crippen LogP contribution in [0, 0.1) is 0 Å². The van der Waals surface area contributed by atoms with Crippen molar-refractivity contribution in [3.63, 3.8) is 0 Å². The number of rotatable bonds is 6. The topological polar surface area (TPSA) is 29.5 Å². The van der Waals surface area contributed by atoms with Crippen LogP contribution >= 0.6 is 0 Å². The van der Waals surface area contributed by atoms with Gasteiger partial charge in [0.25, 0.3) is 0 Å². The molecule has 0 fully saturated rings. The van der Waals surface area contributed by atoms with E-state index in [4.69, 9.17) is 8.83 Å². The lowest BCUT2D eigenvalue weighted by molar-refractivity contribution is 0.669. The van der Waals surface area contributed by atoms with Crippen molar-refractivity contribution < 1.29 is 14.3 Å². The first kappa shape index (κ1) is 29.4. The number of furan rings is 2. The fraction of sp³-hybridized carbons (Fsp3) is 0. The number of hydrogen-bond donors (Lipinski definition) is 0. The van der Waals surface area contributed by atoms with Crippen molar-refractivity contribution in [1.29, 1.82) is 0 Å². The molecule has 0 radical (unpaired) electrons. The number of benzene rings is 10. The first-order chi connectivity index (χ1) is 30.9. The van der Waals surface area contributed by atoms with E-state index in [1.54, 1.807) is 0 Å². The Hall–Kier alpha value is -7.88. The summed E-state index contributed by atoms with van der Waals surface area (Å²) in [5.41, 5.74) is 9.40. The van der Waals surface area contributed by atoms with Crippen LogP contribution in [0.3, 0.4) is 0 Å². The molecule has 0 spiro atoms. The van der Waals surface area contributed by atoms with Gasteiger partial charge >= 0.3 is 0 Å². The third-order valence-electron chi connectivity index (χ3n) is 11.5. The average Bonchev–Trinajstić information content (AvgIpc) is 3.91. The molecule has 59 heavy (non-hydrogen) atoms. The molecule has 12 rings (SSSR count). The molecule has 0 saturated carbocycles. The number of anilines is 3. The summed E-state index contributed by atoms with van der Waals surface area (Å²) in [6.45, 7) is 0. The maximum atomic E-state index is 9.72. The second-order valence-corrected chi connectivity index (χ2v) is 15.0. The molecular weight excluding hydrogens is 719 g/mol. The summed E-state index contributed by atoms with van der Waals surface area (Å²) in [5.74, 6) is 0. The Kier molecular flexibility index (Phi) is 6.65. The largest absolute Gasteiger partial charge is 0.456 e. The molecule has 0 unspecified atom stereocenters. The SMILES string of the molecule is [2H]c1c([2H])c(N(c2ccc(-c3cccc(-c4ccc5ccccc5c4)c3)cc2)c2cccc3oc4c5ccccc5ccc4c23)c([2H])c([2H])c1-c1ccc2oc3ccccc3c2c1. The molecule has 0 saturated heterocycles. The van der Waals surface area contributed by atoms with Gasteiger partial charge in [0.15, 0.2) is 0 Å². The minimum atomic E-state index is -0.162. The fourth-order valence-electron chi connectivity index (χ4n) is 8.60. The van der Waals surface area contributed by atoms with Crippen molar-refractivity contribution >= 4 is 82.5 Å². The summed E-state index contributed by atoms with van der Waals surface area (Å²) in [7, 11) is 0. The second kappa shape index (κ2) is 13.4. The molecule has 0 aliphatic heterocycles. The molecule has 2 heterocycles. The van der Waals surface area contributed by atoms with Gasteiger partial charge in [-0.25, -0.2) is 0 Å². The maximum absolute atomic E-state index is 9.72. The highest BCUT2D eigenvalue weighted by molar-refractivity contribution is 6.19. The van der Waals surface area contributed by atoms with E-state index >= 15 is 0 Å². The third-order valence-corrected chi connectivity index (χ3v) is 11.5. The van der Waals surface area contributed by atoms with Gasteiger partial charge in [0.05, 0.1) is 16.6 Å². The molecule has 0 aliphatic rings. The van der Waals surface area contributed by atoms with Crippen LogP contribution in [0.2, 0.25) is 0 Å². The van der Waals surface area contributed by atoms with E-state index in [2.05, 4.69) is 103 Å². The highest BCUT2D eigenvalue weighted by Gasteiger charge is 2.21.